The Morgan fingerprint density at radius 1 is 1.04 bits per heavy atom. The van der Waals surface area contributed by atoms with Crippen molar-refractivity contribution in [1.82, 2.24) is 15.5 Å². The summed E-state index contributed by atoms with van der Waals surface area (Å²) < 4.78 is 5.77. The molecule has 3 aromatic rings. The van der Waals surface area contributed by atoms with E-state index in [-0.39, 0.29) is 5.91 Å². The van der Waals surface area contributed by atoms with Crippen LogP contribution in [0.25, 0.3) is 0 Å². The zero-order valence-corrected chi connectivity index (χ0v) is 12.7. The highest BCUT2D eigenvalue weighted by atomic mass is 16.5. The molecule has 0 aliphatic heterocycles. The lowest BCUT2D eigenvalue weighted by molar-refractivity contribution is 0.0946. The lowest BCUT2D eigenvalue weighted by atomic mass is 10.2. The van der Waals surface area contributed by atoms with E-state index in [4.69, 9.17) is 4.74 Å². The van der Waals surface area contributed by atoms with E-state index in [2.05, 4.69) is 15.5 Å². The summed E-state index contributed by atoms with van der Waals surface area (Å²) in [7, 11) is 0. The van der Waals surface area contributed by atoms with Crippen LogP contribution in [0.2, 0.25) is 0 Å². The van der Waals surface area contributed by atoms with Crippen molar-refractivity contribution in [3.05, 3.63) is 77.6 Å². The molecule has 0 saturated carbocycles. The minimum absolute atomic E-state index is 0.178. The van der Waals surface area contributed by atoms with Crippen LogP contribution in [0.4, 0.5) is 0 Å². The third-order valence-electron chi connectivity index (χ3n) is 3.38. The van der Waals surface area contributed by atoms with Gasteiger partial charge in [0.25, 0.3) is 5.91 Å². The number of H-pyrrole nitrogens is 1. The lowest BCUT2D eigenvalue weighted by Gasteiger charge is -2.08. The molecule has 1 amide bonds. The van der Waals surface area contributed by atoms with Crippen LogP contribution < -0.4 is 10.1 Å². The van der Waals surface area contributed by atoms with E-state index in [1.54, 1.807) is 12.3 Å². The molecule has 3 rings (SSSR count). The van der Waals surface area contributed by atoms with Gasteiger partial charge in [-0.1, -0.05) is 29.8 Å². The third-order valence-corrected chi connectivity index (χ3v) is 3.38. The van der Waals surface area contributed by atoms with E-state index >= 15 is 0 Å². The SMILES string of the molecule is Cc1ccc(Oc2ccc(CNC(=O)c3ccn[nH]3)cc2)cc1. The van der Waals surface area contributed by atoms with Crippen molar-refractivity contribution in [2.75, 3.05) is 0 Å². The predicted molar refractivity (Wildman–Crippen MR) is 87.5 cm³/mol. The molecule has 0 aliphatic carbocycles. The molecular weight excluding hydrogens is 290 g/mol. The van der Waals surface area contributed by atoms with E-state index < -0.39 is 0 Å². The number of nitrogens with one attached hydrogen (secondary N) is 2. The van der Waals surface area contributed by atoms with Crippen molar-refractivity contribution < 1.29 is 9.53 Å². The molecule has 0 spiro atoms. The summed E-state index contributed by atoms with van der Waals surface area (Å²) in [5.74, 6) is 1.39. The van der Waals surface area contributed by atoms with E-state index in [0.717, 1.165) is 17.1 Å². The summed E-state index contributed by atoms with van der Waals surface area (Å²) in [5.41, 5.74) is 2.64. The molecule has 0 unspecified atom stereocenters. The van der Waals surface area contributed by atoms with Gasteiger partial charge in [0, 0.05) is 12.7 Å². The van der Waals surface area contributed by atoms with Crippen molar-refractivity contribution in [3.8, 4) is 11.5 Å². The fourth-order valence-electron chi connectivity index (χ4n) is 2.08. The Hall–Kier alpha value is -3.08. The first-order chi connectivity index (χ1) is 11.2. The van der Waals surface area contributed by atoms with Gasteiger partial charge in [0.05, 0.1) is 0 Å². The number of nitrogens with zero attached hydrogens (tertiary/aromatic N) is 1. The molecule has 0 fully saturated rings. The average Bonchev–Trinajstić information content (AvgIpc) is 3.11. The van der Waals surface area contributed by atoms with Crippen LogP contribution in [0.5, 0.6) is 11.5 Å². The van der Waals surface area contributed by atoms with Gasteiger partial charge in [-0.3, -0.25) is 9.89 Å². The summed E-state index contributed by atoms with van der Waals surface area (Å²) in [6.45, 7) is 2.48. The Labute approximate surface area is 134 Å². The molecule has 0 aliphatic rings. The fourth-order valence-corrected chi connectivity index (χ4v) is 2.08. The van der Waals surface area contributed by atoms with Crippen LogP contribution in [-0.2, 0) is 6.54 Å². The molecular formula is C18H17N3O2. The van der Waals surface area contributed by atoms with Crippen LogP contribution in [-0.4, -0.2) is 16.1 Å². The van der Waals surface area contributed by atoms with Gasteiger partial charge in [0.2, 0.25) is 0 Å². The summed E-state index contributed by atoms with van der Waals surface area (Å²) in [4.78, 5) is 11.8. The summed E-state index contributed by atoms with van der Waals surface area (Å²) in [6.07, 6.45) is 1.55. The molecule has 0 radical (unpaired) electrons. The van der Waals surface area contributed by atoms with Gasteiger partial charge >= 0.3 is 0 Å². The van der Waals surface area contributed by atoms with Crippen LogP contribution in [0.3, 0.4) is 0 Å². The van der Waals surface area contributed by atoms with Crippen molar-refractivity contribution in [1.29, 1.82) is 0 Å². The summed E-state index contributed by atoms with van der Waals surface area (Å²) in [5, 5.41) is 9.21. The number of hydrogen-bond donors (Lipinski definition) is 2. The largest absolute Gasteiger partial charge is 0.457 e. The van der Waals surface area contributed by atoms with E-state index in [1.807, 2.05) is 55.5 Å². The minimum Gasteiger partial charge on any atom is -0.457 e. The molecule has 5 heteroatoms. The van der Waals surface area contributed by atoms with Gasteiger partial charge in [-0.2, -0.15) is 5.10 Å². The number of rotatable bonds is 5. The van der Waals surface area contributed by atoms with Crippen molar-refractivity contribution in [2.45, 2.75) is 13.5 Å². The maximum Gasteiger partial charge on any atom is 0.269 e. The number of ether oxygens (including phenoxy) is 1. The first-order valence-corrected chi connectivity index (χ1v) is 7.32. The number of amides is 1. The summed E-state index contributed by atoms with van der Waals surface area (Å²) >= 11 is 0. The fraction of sp³-hybridized carbons (Fsp3) is 0.111. The monoisotopic (exact) mass is 307 g/mol. The zero-order chi connectivity index (χ0) is 16.1. The standard InChI is InChI=1S/C18H17N3O2/c1-13-2-6-15(7-3-13)23-16-8-4-14(5-9-16)12-19-18(22)17-10-11-20-21-17/h2-11H,12H2,1H3,(H,19,22)(H,20,21). The minimum atomic E-state index is -0.178. The van der Waals surface area contributed by atoms with Gasteiger partial charge in [0.1, 0.15) is 17.2 Å². The molecule has 0 saturated heterocycles. The third kappa shape index (κ3) is 3.97. The molecule has 2 aromatic carbocycles. The number of benzene rings is 2. The lowest BCUT2D eigenvalue weighted by Crippen LogP contribution is -2.23. The highest BCUT2D eigenvalue weighted by Crippen LogP contribution is 2.21. The van der Waals surface area contributed by atoms with E-state index in [9.17, 15) is 4.79 Å². The van der Waals surface area contributed by atoms with E-state index in [1.165, 1.54) is 5.56 Å². The number of carbonyl (C=O) groups is 1. The van der Waals surface area contributed by atoms with Crippen LogP contribution in [0.15, 0.2) is 60.8 Å². The van der Waals surface area contributed by atoms with Crippen molar-refractivity contribution in [3.63, 3.8) is 0 Å². The van der Waals surface area contributed by atoms with Gasteiger partial charge in [0.15, 0.2) is 0 Å². The number of aromatic nitrogens is 2. The van der Waals surface area contributed by atoms with E-state index in [0.29, 0.717) is 12.2 Å². The molecule has 0 bridgehead atoms. The number of hydrogen-bond acceptors (Lipinski definition) is 3. The van der Waals surface area contributed by atoms with Crippen molar-refractivity contribution >= 4 is 5.91 Å². The number of carbonyl (C=O) groups excluding carboxylic acids is 1. The first kappa shape index (κ1) is 14.8. The summed E-state index contributed by atoms with van der Waals surface area (Å²) in [6, 6.07) is 17.2. The Bertz CT molecular complexity index is 763. The number of aryl methyl sites for hydroxylation is 1. The van der Waals surface area contributed by atoms with Gasteiger partial charge < -0.3 is 10.1 Å². The normalized spacial score (nSPS) is 10.3. The highest BCUT2D eigenvalue weighted by Gasteiger charge is 2.06. The predicted octanol–water partition coefficient (Wildman–Crippen LogP) is 3.44. The van der Waals surface area contributed by atoms with Gasteiger partial charge in [-0.15, -0.1) is 0 Å². The Balaban J connectivity index is 1.56. The molecule has 23 heavy (non-hydrogen) atoms. The van der Waals surface area contributed by atoms with Gasteiger partial charge in [-0.05, 0) is 42.8 Å². The maximum absolute atomic E-state index is 11.8. The zero-order valence-electron chi connectivity index (χ0n) is 12.7. The second-order valence-electron chi connectivity index (χ2n) is 5.21. The maximum atomic E-state index is 11.8. The smallest absolute Gasteiger partial charge is 0.269 e. The Kier molecular flexibility index (Phi) is 4.38. The van der Waals surface area contributed by atoms with Gasteiger partial charge in [-0.25, -0.2) is 0 Å². The Morgan fingerprint density at radius 2 is 1.70 bits per heavy atom. The van der Waals surface area contributed by atoms with Crippen LogP contribution >= 0.6 is 0 Å². The second kappa shape index (κ2) is 6.79. The van der Waals surface area contributed by atoms with Crippen LogP contribution in [0.1, 0.15) is 21.6 Å². The van der Waals surface area contributed by atoms with Crippen molar-refractivity contribution in [2.24, 2.45) is 0 Å². The molecule has 0 atom stereocenters. The molecule has 1 heterocycles. The molecule has 5 nitrogen and oxygen atoms in total. The molecule has 2 N–H and O–H groups in total. The Morgan fingerprint density at radius 3 is 2.30 bits per heavy atom. The topological polar surface area (TPSA) is 67.0 Å². The quantitative estimate of drug-likeness (QED) is 0.759. The average molecular weight is 307 g/mol. The second-order valence-corrected chi connectivity index (χ2v) is 5.21. The highest BCUT2D eigenvalue weighted by molar-refractivity contribution is 5.91. The first-order valence-electron chi connectivity index (χ1n) is 7.32. The molecule has 116 valence electrons. The van der Waals surface area contributed by atoms with Crippen LogP contribution in [0, 0.1) is 6.92 Å². The molecule has 1 aromatic heterocycles. The number of aromatic amines is 1.